The number of rotatable bonds is 3. The molecule has 0 saturated carbocycles. The van der Waals surface area contributed by atoms with E-state index < -0.39 is 0 Å². The molecule has 0 saturated heterocycles. The van der Waals surface area contributed by atoms with Crippen LogP contribution in [-0.4, -0.2) is 22.0 Å². The zero-order valence-corrected chi connectivity index (χ0v) is 9.56. The van der Waals surface area contributed by atoms with Crippen LogP contribution in [0.5, 0.6) is 0 Å². The molecule has 0 radical (unpaired) electrons. The van der Waals surface area contributed by atoms with E-state index in [1.807, 2.05) is 0 Å². The number of amides is 1. The zero-order chi connectivity index (χ0) is 11.7. The Balaban J connectivity index is 2.40. The molecule has 0 fully saturated rings. The highest BCUT2D eigenvalue weighted by Crippen LogP contribution is 2.17. The number of fused-ring (bicyclic) bond motifs is 1. The number of unbranched alkanes of at least 4 members (excludes halogenated alkanes) is 1. The van der Waals surface area contributed by atoms with Crippen molar-refractivity contribution >= 4 is 11.9 Å². The Morgan fingerprint density at radius 2 is 2.19 bits per heavy atom. The number of nitrogens with zero attached hydrogens (tertiary/aromatic N) is 3. The maximum Gasteiger partial charge on any atom is 0.255 e. The second-order valence-corrected chi connectivity index (χ2v) is 4.02. The number of anilines is 1. The van der Waals surface area contributed by atoms with Gasteiger partial charge in [0.2, 0.25) is 11.9 Å². The van der Waals surface area contributed by atoms with E-state index in [2.05, 4.69) is 11.9 Å². The van der Waals surface area contributed by atoms with Crippen LogP contribution in [0.4, 0.5) is 5.95 Å². The molecule has 2 heterocycles. The Morgan fingerprint density at radius 1 is 1.44 bits per heavy atom. The molecule has 0 N–H and O–H groups in total. The van der Waals surface area contributed by atoms with Gasteiger partial charge in [-0.05, 0) is 13.3 Å². The van der Waals surface area contributed by atoms with Crippen LogP contribution in [0.3, 0.4) is 0 Å². The van der Waals surface area contributed by atoms with E-state index in [0.29, 0.717) is 18.2 Å². The maximum absolute atomic E-state index is 11.7. The van der Waals surface area contributed by atoms with Gasteiger partial charge >= 0.3 is 0 Å². The van der Waals surface area contributed by atoms with Gasteiger partial charge in [-0.2, -0.15) is 0 Å². The fraction of sp³-hybridized carbons (Fsp3) is 0.545. The Morgan fingerprint density at radius 3 is 2.88 bits per heavy atom. The van der Waals surface area contributed by atoms with E-state index in [0.717, 1.165) is 12.8 Å². The molecular weight excluding hydrogens is 206 g/mol. The van der Waals surface area contributed by atoms with Crippen molar-refractivity contribution < 1.29 is 4.79 Å². The van der Waals surface area contributed by atoms with Crippen LogP contribution in [-0.2, 0) is 11.3 Å². The summed E-state index contributed by atoms with van der Waals surface area (Å²) >= 11 is 0. The summed E-state index contributed by atoms with van der Waals surface area (Å²) in [5.41, 5.74) is 0.516. The number of hydrogen-bond acceptors (Lipinski definition) is 3. The van der Waals surface area contributed by atoms with Crippen molar-refractivity contribution in [3.8, 4) is 0 Å². The van der Waals surface area contributed by atoms with Crippen LogP contribution in [0.25, 0.3) is 0 Å². The molecule has 1 aromatic rings. The molecule has 1 aliphatic heterocycles. The molecule has 0 atom stereocenters. The van der Waals surface area contributed by atoms with Gasteiger partial charge in [-0.25, -0.2) is 4.98 Å². The number of carbonyl (C=O) groups is 1. The van der Waals surface area contributed by atoms with E-state index in [-0.39, 0.29) is 18.0 Å². The van der Waals surface area contributed by atoms with Gasteiger partial charge in [0.25, 0.3) is 5.56 Å². The topological polar surface area (TPSA) is 55.2 Å². The van der Waals surface area contributed by atoms with Gasteiger partial charge < -0.3 is 0 Å². The Hall–Kier alpha value is -1.65. The van der Waals surface area contributed by atoms with Gasteiger partial charge in [0.15, 0.2) is 0 Å². The first-order valence-corrected chi connectivity index (χ1v) is 5.52. The molecule has 0 spiro atoms. The maximum atomic E-state index is 11.7. The van der Waals surface area contributed by atoms with Crippen molar-refractivity contribution in [2.75, 3.05) is 11.4 Å². The Kier molecular flexibility index (Phi) is 2.77. The minimum atomic E-state index is -0.144. The lowest BCUT2D eigenvalue weighted by molar-refractivity contribution is -0.118. The number of aryl methyl sites for hydroxylation is 1. The first kappa shape index (κ1) is 10.9. The average molecular weight is 221 g/mol. The normalized spacial score (nSPS) is 14.4. The number of carbonyl (C=O) groups excluding carboxylic acids is 1. The predicted molar refractivity (Wildman–Crippen MR) is 60.5 cm³/mol. The van der Waals surface area contributed by atoms with Crippen LogP contribution in [0.15, 0.2) is 10.9 Å². The molecule has 5 heteroatoms. The highest BCUT2D eigenvalue weighted by molar-refractivity contribution is 5.94. The van der Waals surface area contributed by atoms with Crippen LogP contribution in [0, 0.1) is 6.92 Å². The molecule has 86 valence electrons. The van der Waals surface area contributed by atoms with E-state index >= 15 is 0 Å². The minimum absolute atomic E-state index is 0.0383. The third-order valence-corrected chi connectivity index (χ3v) is 2.69. The molecule has 0 aliphatic carbocycles. The summed E-state index contributed by atoms with van der Waals surface area (Å²) in [4.78, 5) is 29.2. The summed E-state index contributed by atoms with van der Waals surface area (Å²) < 4.78 is 1.44. The van der Waals surface area contributed by atoms with E-state index in [1.165, 1.54) is 10.6 Å². The van der Waals surface area contributed by atoms with Gasteiger partial charge in [-0.15, -0.1) is 0 Å². The fourth-order valence-electron chi connectivity index (χ4n) is 1.83. The van der Waals surface area contributed by atoms with Gasteiger partial charge in [0.1, 0.15) is 6.54 Å². The molecule has 5 nitrogen and oxygen atoms in total. The Bertz CT molecular complexity index is 479. The van der Waals surface area contributed by atoms with Gasteiger partial charge in [-0.1, -0.05) is 13.3 Å². The monoisotopic (exact) mass is 221 g/mol. The third-order valence-electron chi connectivity index (χ3n) is 2.69. The van der Waals surface area contributed by atoms with Crippen molar-refractivity contribution in [1.82, 2.24) is 9.55 Å². The molecular formula is C11H15N3O2. The molecule has 0 aromatic carbocycles. The Labute approximate surface area is 93.7 Å². The molecule has 2 rings (SSSR count). The third kappa shape index (κ3) is 1.73. The summed E-state index contributed by atoms with van der Waals surface area (Å²) in [6.07, 6.45) is 1.94. The average Bonchev–Trinajstić information content (AvgIpc) is 2.53. The highest BCUT2D eigenvalue weighted by atomic mass is 16.2. The van der Waals surface area contributed by atoms with E-state index in [1.54, 1.807) is 11.8 Å². The highest BCUT2D eigenvalue weighted by Gasteiger charge is 2.28. The van der Waals surface area contributed by atoms with Gasteiger partial charge in [0, 0.05) is 18.3 Å². The summed E-state index contributed by atoms with van der Waals surface area (Å²) in [5.74, 6) is 0.465. The van der Waals surface area contributed by atoms with E-state index in [9.17, 15) is 9.59 Å². The number of hydrogen-bond donors (Lipinski definition) is 0. The summed E-state index contributed by atoms with van der Waals surface area (Å²) in [7, 11) is 0. The van der Waals surface area contributed by atoms with Crippen LogP contribution >= 0.6 is 0 Å². The largest absolute Gasteiger partial charge is 0.280 e. The van der Waals surface area contributed by atoms with Crippen molar-refractivity contribution in [3.63, 3.8) is 0 Å². The number of aromatic nitrogens is 2. The van der Waals surface area contributed by atoms with Crippen LogP contribution in [0.2, 0.25) is 0 Å². The van der Waals surface area contributed by atoms with Crippen LogP contribution in [0.1, 0.15) is 25.5 Å². The minimum Gasteiger partial charge on any atom is -0.280 e. The second kappa shape index (κ2) is 4.08. The lowest BCUT2D eigenvalue weighted by atomic mass is 10.3. The van der Waals surface area contributed by atoms with Crippen LogP contribution < -0.4 is 10.5 Å². The van der Waals surface area contributed by atoms with Crippen molar-refractivity contribution in [2.24, 2.45) is 0 Å². The molecule has 1 aliphatic rings. The second-order valence-electron chi connectivity index (χ2n) is 4.02. The van der Waals surface area contributed by atoms with Crippen molar-refractivity contribution in [2.45, 2.75) is 33.2 Å². The molecule has 1 amide bonds. The first-order chi connectivity index (χ1) is 7.63. The zero-order valence-electron chi connectivity index (χ0n) is 9.56. The molecule has 16 heavy (non-hydrogen) atoms. The summed E-state index contributed by atoms with van der Waals surface area (Å²) in [6.45, 7) is 4.61. The van der Waals surface area contributed by atoms with Crippen molar-refractivity contribution in [1.29, 1.82) is 0 Å². The van der Waals surface area contributed by atoms with Gasteiger partial charge in [-0.3, -0.25) is 19.1 Å². The van der Waals surface area contributed by atoms with Crippen molar-refractivity contribution in [3.05, 3.63) is 22.1 Å². The van der Waals surface area contributed by atoms with E-state index in [4.69, 9.17) is 0 Å². The standard InChI is InChI=1S/C11H15N3O2/c1-3-4-5-13-10(16)7-14-9(15)6-8(2)12-11(13)14/h6H,3-5,7H2,1-2H3. The smallest absolute Gasteiger partial charge is 0.255 e. The molecule has 0 bridgehead atoms. The fourth-order valence-corrected chi connectivity index (χ4v) is 1.83. The summed E-state index contributed by atoms with van der Waals surface area (Å²) in [6, 6.07) is 1.46. The summed E-state index contributed by atoms with van der Waals surface area (Å²) in [5, 5.41) is 0. The molecule has 0 unspecified atom stereocenters. The quantitative estimate of drug-likeness (QED) is 0.755. The van der Waals surface area contributed by atoms with Gasteiger partial charge in [0.05, 0.1) is 0 Å². The lowest BCUT2D eigenvalue weighted by Gasteiger charge is -2.14. The SMILES string of the molecule is CCCCN1C(=O)Cn2c1nc(C)cc2=O. The molecule has 1 aromatic heterocycles. The lowest BCUT2D eigenvalue weighted by Crippen LogP contribution is -2.28. The first-order valence-electron chi connectivity index (χ1n) is 5.52. The predicted octanol–water partition coefficient (Wildman–Crippen LogP) is 0.698.